The van der Waals surface area contributed by atoms with Crippen LogP contribution in [0.5, 0.6) is 5.75 Å². The Morgan fingerprint density at radius 2 is 2.00 bits per heavy atom. The highest BCUT2D eigenvalue weighted by atomic mass is 32.2. The van der Waals surface area contributed by atoms with Crippen LogP contribution in [0, 0.1) is 5.92 Å². The van der Waals surface area contributed by atoms with Gasteiger partial charge >= 0.3 is 6.61 Å². The fraction of sp³-hybridized carbons (Fsp3) is 0.562. The van der Waals surface area contributed by atoms with Crippen LogP contribution in [0.4, 0.5) is 8.78 Å². The van der Waals surface area contributed by atoms with Gasteiger partial charge in [0.25, 0.3) is 0 Å². The molecule has 114 valence electrons. The monoisotopic (exact) mass is 312 g/mol. The first-order chi connectivity index (χ1) is 10.1. The van der Waals surface area contributed by atoms with Gasteiger partial charge in [-0.1, -0.05) is 12.1 Å². The van der Waals surface area contributed by atoms with E-state index in [0.29, 0.717) is 16.9 Å². The SMILES string of the molecule is O=C(Cc1cccc(OC(F)F)c1)C1CC2CCC(C1)S2. The fourth-order valence-corrected chi connectivity index (χ4v) is 5.07. The summed E-state index contributed by atoms with van der Waals surface area (Å²) in [5, 5.41) is 1.29. The topological polar surface area (TPSA) is 26.3 Å². The van der Waals surface area contributed by atoms with Gasteiger partial charge in [0.05, 0.1) is 0 Å². The van der Waals surface area contributed by atoms with Gasteiger partial charge in [0.15, 0.2) is 0 Å². The number of rotatable bonds is 5. The Labute approximate surface area is 127 Å². The molecule has 0 spiro atoms. The molecule has 0 aliphatic carbocycles. The van der Waals surface area contributed by atoms with Gasteiger partial charge in [-0.3, -0.25) is 4.79 Å². The Kier molecular flexibility index (Phi) is 4.48. The molecule has 0 saturated carbocycles. The van der Waals surface area contributed by atoms with E-state index in [2.05, 4.69) is 4.74 Å². The van der Waals surface area contributed by atoms with Crippen LogP contribution in [0.1, 0.15) is 31.2 Å². The number of ether oxygens (including phenoxy) is 1. The third-order valence-corrected chi connectivity index (χ3v) is 5.87. The van der Waals surface area contributed by atoms with E-state index in [1.54, 1.807) is 12.1 Å². The summed E-state index contributed by atoms with van der Waals surface area (Å²) in [6.45, 7) is -2.83. The van der Waals surface area contributed by atoms with E-state index >= 15 is 0 Å². The number of ketones is 1. The van der Waals surface area contributed by atoms with Gasteiger partial charge in [-0.15, -0.1) is 0 Å². The summed E-state index contributed by atoms with van der Waals surface area (Å²) >= 11 is 2.03. The van der Waals surface area contributed by atoms with Crippen molar-refractivity contribution in [3.05, 3.63) is 29.8 Å². The summed E-state index contributed by atoms with van der Waals surface area (Å²) in [6.07, 6.45) is 4.74. The Balaban J connectivity index is 1.62. The molecule has 2 heterocycles. The van der Waals surface area contributed by atoms with Crippen molar-refractivity contribution in [2.24, 2.45) is 5.92 Å². The highest BCUT2D eigenvalue weighted by Gasteiger charge is 2.37. The van der Waals surface area contributed by atoms with Gasteiger partial charge in [-0.25, -0.2) is 0 Å². The number of hydrogen-bond acceptors (Lipinski definition) is 3. The first-order valence-corrected chi connectivity index (χ1v) is 8.26. The molecular formula is C16H18F2O2S. The summed E-state index contributed by atoms with van der Waals surface area (Å²) in [5.74, 6) is 0.499. The second kappa shape index (κ2) is 6.34. The molecule has 5 heteroatoms. The molecule has 0 radical (unpaired) electrons. The van der Waals surface area contributed by atoms with Gasteiger partial charge in [0.2, 0.25) is 0 Å². The lowest BCUT2D eigenvalue weighted by Gasteiger charge is -2.26. The maximum Gasteiger partial charge on any atom is 0.387 e. The zero-order chi connectivity index (χ0) is 14.8. The number of halogens is 2. The number of hydrogen-bond donors (Lipinski definition) is 0. The number of thioether (sulfide) groups is 1. The molecule has 2 aliphatic rings. The number of benzene rings is 1. The van der Waals surface area contributed by atoms with Crippen LogP contribution in [-0.2, 0) is 11.2 Å². The molecule has 1 aromatic carbocycles. The first kappa shape index (κ1) is 14.8. The predicted molar refractivity (Wildman–Crippen MR) is 78.9 cm³/mol. The van der Waals surface area contributed by atoms with E-state index in [0.717, 1.165) is 18.4 Å². The minimum atomic E-state index is -2.83. The molecule has 2 aliphatic heterocycles. The van der Waals surface area contributed by atoms with E-state index in [9.17, 15) is 13.6 Å². The zero-order valence-corrected chi connectivity index (χ0v) is 12.5. The first-order valence-electron chi connectivity index (χ1n) is 7.32. The maximum atomic E-state index is 12.4. The molecule has 1 aromatic rings. The summed E-state index contributed by atoms with van der Waals surface area (Å²) < 4.78 is 28.8. The van der Waals surface area contributed by atoms with Gasteiger partial charge in [0.1, 0.15) is 11.5 Å². The van der Waals surface area contributed by atoms with Crippen LogP contribution < -0.4 is 4.74 Å². The third kappa shape index (κ3) is 3.76. The van der Waals surface area contributed by atoms with E-state index in [1.165, 1.54) is 25.0 Å². The average Bonchev–Trinajstić information content (AvgIpc) is 2.77. The van der Waals surface area contributed by atoms with Gasteiger partial charge in [-0.05, 0) is 43.4 Å². The van der Waals surface area contributed by atoms with Crippen LogP contribution in [-0.4, -0.2) is 22.9 Å². The lowest BCUT2D eigenvalue weighted by molar-refractivity contribution is -0.122. The largest absolute Gasteiger partial charge is 0.435 e. The predicted octanol–water partition coefficient (Wildman–Crippen LogP) is 4.07. The quantitative estimate of drug-likeness (QED) is 0.819. The van der Waals surface area contributed by atoms with Crippen LogP contribution in [0.25, 0.3) is 0 Å². The molecule has 2 nitrogen and oxygen atoms in total. The molecular weight excluding hydrogens is 294 g/mol. The van der Waals surface area contributed by atoms with E-state index in [4.69, 9.17) is 0 Å². The summed E-state index contributed by atoms with van der Waals surface area (Å²) in [5.41, 5.74) is 0.753. The lowest BCUT2D eigenvalue weighted by Crippen LogP contribution is -2.25. The molecule has 3 rings (SSSR count). The number of carbonyl (C=O) groups is 1. The average molecular weight is 312 g/mol. The molecule has 2 saturated heterocycles. The molecule has 2 fully saturated rings. The second-order valence-electron chi connectivity index (χ2n) is 5.79. The second-order valence-corrected chi connectivity index (χ2v) is 7.40. The summed E-state index contributed by atoms with van der Waals surface area (Å²) in [7, 11) is 0. The van der Waals surface area contributed by atoms with Crippen LogP contribution in [0.15, 0.2) is 24.3 Å². The molecule has 2 unspecified atom stereocenters. The van der Waals surface area contributed by atoms with Crippen molar-refractivity contribution < 1.29 is 18.3 Å². The molecule has 2 atom stereocenters. The van der Waals surface area contributed by atoms with Gasteiger partial charge < -0.3 is 4.74 Å². The van der Waals surface area contributed by atoms with Crippen LogP contribution in [0.3, 0.4) is 0 Å². The highest BCUT2D eigenvalue weighted by molar-refractivity contribution is 8.00. The van der Waals surface area contributed by atoms with Crippen molar-refractivity contribution in [3.8, 4) is 5.75 Å². The zero-order valence-electron chi connectivity index (χ0n) is 11.6. The van der Waals surface area contributed by atoms with E-state index in [1.807, 2.05) is 11.8 Å². The van der Waals surface area contributed by atoms with Crippen molar-refractivity contribution in [3.63, 3.8) is 0 Å². The minimum Gasteiger partial charge on any atom is -0.435 e. The molecule has 2 bridgehead atoms. The number of fused-ring (bicyclic) bond motifs is 2. The van der Waals surface area contributed by atoms with Crippen molar-refractivity contribution in [1.82, 2.24) is 0 Å². The molecule has 21 heavy (non-hydrogen) atoms. The van der Waals surface area contributed by atoms with Gasteiger partial charge in [-0.2, -0.15) is 20.5 Å². The van der Waals surface area contributed by atoms with E-state index < -0.39 is 6.61 Å². The van der Waals surface area contributed by atoms with Gasteiger partial charge in [0, 0.05) is 22.8 Å². The molecule has 0 N–H and O–H groups in total. The van der Waals surface area contributed by atoms with Crippen LogP contribution >= 0.6 is 11.8 Å². The standard InChI is InChI=1S/C16H18F2O2S/c17-16(18)20-12-3-1-2-10(6-12)7-15(19)11-8-13-4-5-14(9-11)21-13/h1-3,6,11,13-14,16H,4-5,7-9H2. The van der Waals surface area contributed by atoms with Crippen LogP contribution in [0.2, 0.25) is 0 Å². The Bertz CT molecular complexity index is 509. The van der Waals surface area contributed by atoms with E-state index in [-0.39, 0.29) is 17.5 Å². The Morgan fingerprint density at radius 3 is 2.67 bits per heavy atom. The summed E-state index contributed by atoms with van der Waals surface area (Å²) in [6, 6.07) is 6.47. The fourth-order valence-electron chi connectivity index (χ4n) is 3.30. The lowest BCUT2D eigenvalue weighted by atomic mass is 9.91. The number of Topliss-reactive ketones (excluding diaryl/α,β-unsaturated/α-hetero) is 1. The summed E-state index contributed by atoms with van der Waals surface area (Å²) in [4.78, 5) is 12.4. The van der Waals surface area contributed by atoms with Crippen molar-refractivity contribution >= 4 is 17.5 Å². The van der Waals surface area contributed by atoms with Crippen molar-refractivity contribution in [1.29, 1.82) is 0 Å². The maximum absolute atomic E-state index is 12.4. The minimum absolute atomic E-state index is 0.120. The highest BCUT2D eigenvalue weighted by Crippen LogP contribution is 2.46. The molecule has 0 aromatic heterocycles. The smallest absolute Gasteiger partial charge is 0.387 e. The number of alkyl halides is 2. The Hall–Kier alpha value is -1.10. The van der Waals surface area contributed by atoms with Crippen molar-refractivity contribution in [2.45, 2.75) is 49.2 Å². The number of carbonyl (C=O) groups excluding carboxylic acids is 1. The molecule has 0 amide bonds. The third-order valence-electron chi connectivity index (χ3n) is 4.25. The van der Waals surface area contributed by atoms with Crippen molar-refractivity contribution in [2.75, 3.05) is 0 Å². The Morgan fingerprint density at radius 1 is 1.29 bits per heavy atom. The normalized spacial score (nSPS) is 27.9.